The van der Waals surface area contributed by atoms with Crippen LogP contribution in [0.3, 0.4) is 0 Å². The zero-order chi connectivity index (χ0) is 56.7. The summed E-state index contributed by atoms with van der Waals surface area (Å²) in [6.45, 7) is 33.3. The lowest BCUT2D eigenvalue weighted by Crippen LogP contribution is -2.68. The summed E-state index contributed by atoms with van der Waals surface area (Å²) in [7, 11) is 2.76. The number of aldehydes is 2. The molecule has 0 aromatic rings. The summed E-state index contributed by atoms with van der Waals surface area (Å²) in [4.78, 5) is 152. The molecule has 2 saturated heterocycles. The van der Waals surface area contributed by atoms with E-state index in [2.05, 4.69) is 42.6 Å². The van der Waals surface area contributed by atoms with E-state index in [0.717, 1.165) is 33.0 Å². The molecule has 2 saturated carbocycles. The number of hydrazine groups is 3. The fourth-order valence-electron chi connectivity index (χ4n) is 12.7. The maximum Gasteiger partial charge on any atom is 0.332 e. The van der Waals surface area contributed by atoms with E-state index in [9.17, 15) is 52.7 Å². The number of Topliss-reactive ketones (excluding diaryl/α,β-unsaturated/α-hetero) is 1. The third-order valence-corrected chi connectivity index (χ3v) is 16.1. The summed E-state index contributed by atoms with van der Waals surface area (Å²) in [5.74, 6) is -5.80. The number of hydrogen-bond donors (Lipinski definition) is 4. The molecule has 2 aliphatic carbocycles. The summed E-state index contributed by atoms with van der Waals surface area (Å²) >= 11 is 0. The standard InChI is InChI=1S/C53H80N10O11/c1-18-19-46(8,31-64)24-48(10,35(5)66)20-40(69)58(16)56-38(67)22-61-36(6)60(21-34(4)55-59(17)42(71)51(13)26-47(9,32-65)25-49(11,27-51)33(2)3)37(7)62(45(61)74)23-39(68)57-63-43(72)52(14)28-50(12,41(54)70)29-53(15,30-52)44(63)73/h31-32,55H,2,4,6-7,18-30H2,1,3,5,8-17H3,(H2,54,70)(H,56,67)(H,57,68)/t46-,47-,48+,49+,50?,51-,52-,53+/m1/s1. The lowest BCUT2D eigenvalue weighted by atomic mass is 9.52. The molecule has 408 valence electrons. The molecule has 5 N–H and O–H groups in total. The lowest BCUT2D eigenvalue weighted by molar-refractivity contribution is -0.185. The number of amides is 9. The number of imide groups is 1. The van der Waals surface area contributed by atoms with Crippen molar-refractivity contribution < 1.29 is 52.7 Å². The molecule has 21 heteroatoms. The highest BCUT2D eigenvalue weighted by Gasteiger charge is 2.64. The highest BCUT2D eigenvalue weighted by molar-refractivity contribution is 6.06. The van der Waals surface area contributed by atoms with Crippen LogP contribution in [0.1, 0.15) is 140 Å². The van der Waals surface area contributed by atoms with Crippen molar-refractivity contribution in [1.82, 2.24) is 46.0 Å². The molecule has 0 radical (unpaired) electrons. The van der Waals surface area contributed by atoms with Gasteiger partial charge in [-0.05, 0) is 70.6 Å². The molecule has 4 aliphatic rings. The van der Waals surface area contributed by atoms with Crippen LogP contribution in [0.4, 0.5) is 4.79 Å². The van der Waals surface area contributed by atoms with E-state index in [1.165, 1.54) is 30.9 Å². The Morgan fingerprint density at radius 2 is 1.23 bits per heavy atom. The highest BCUT2D eigenvalue weighted by atomic mass is 16.2. The highest BCUT2D eigenvalue weighted by Crippen LogP contribution is 2.59. The third kappa shape index (κ3) is 12.0. The van der Waals surface area contributed by atoms with Crippen LogP contribution in [0.5, 0.6) is 0 Å². The number of fused-ring (bicyclic) bond motifs is 2. The van der Waals surface area contributed by atoms with Gasteiger partial charge in [0.15, 0.2) is 0 Å². The van der Waals surface area contributed by atoms with Crippen LogP contribution < -0.4 is 22.0 Å². The molecule has 74 heavy (non-hydrogen) atoms. The van der Waals surface area contributed by atoms with Crippen molar-refractivity contribution in [2.75, 3.05) is 33.7 Å². The monoisotopic (exact) mass is 1030 g/mol. The predicted molar refractivity (Wildman–Crippen MR) is 273 cm³/mol. The minimum Gasteiger partial charge on any atom is -0.369 e. The molecule has 2 bridgehead atoms. The van der Waals surface area contributed by atoms with Gasteiger partial charge in [0.05, 0.1) is 22.8 Å². The second-order valence-electron chi connectivity index (χ2n) is 24.2. The lowest BCUT2D eigenvalue weighted by Gasteiger charge is -2.55. The van der Waals surface area contributed by atoms with E-state index >= 15 is 0 Å². The number of hydrogen-bond acceptors (Lipinski definition) is 13. The van der Waals surface area contributed by atoms with Gasteiger partial charge in [-0.15, -0.1) is 0 Å². The molecule has 0 aromatic carbocycles. The molecule has 0 aromatic heterocycles. The Morgan fingerprint density at radius 1 is 0.716 bits per heavy atom. The van der Waals surface area contributed by atoms with Crippen molar-refractivity contribution in [2.45, 2.75) is 140 Å². The Kier molecular flexibility index (Phi) is 16.9. The van der Waals surface area contributed by atoms with E-state index in [1.54, 1.807) is 41.5 Å². The van der Waals surface area contributed by atoms with Crippen LogP contribution in [0.2, 0.25) is 0 Å². The van der Waals surface area contributed by atoms with E-state index in [0.29, 0.717) is 30.7 Å². The van der Waals surface area contributed by atoms with Crippen molar-refractivity contribution in [1.29, 1.82) is 0 Å². The number of primary amides is 1. The fraction of sp³-hybridized carbons (Fsp3) is 0.642. The number of allylic oxidation sites excluding steroid dienone is 1. The van der Waals surface area contributed by atoms with Crippen molar-refractivity contribution in [3.05, 3.63) is 49.2 Å². The van der Waals surface area contributed by atoms with Crippen LogP contribution >= 0.6 is 0 Å². The zero-order valence-corrected chi connectivity index (χ0v) is 45.9. The zero-order valence-electron chi connectivity index (χ0n) is 45.9. The molecular formula is C53H80N10O11. The van der Waals surface area contributed by atoms with E-state index < -0.39 is 97.9 Å². The smallest absolute Gasteiger partial charge is 0.332 e. The first-order chi connectivity index (χ1) is 33.8. The summed E-state index contributed by atoms with van der Waals surface area (Å²) in [6.07, 6.45) is 3.83. The minimum absolute atomic E-state index is 0.0122. The largest absolute Gasteiger partial charge is 0.369 e. The SMILES string of the molecule is C=C(CN1C(=C)N(CC(=O)NN(C)C(=O)C[C@@](C)(C[C@](C)(C=O)CCC)C(C)=O)C(=O)N(CC(=O)NN2C(=O)[C@@]3(C)CC(C)(C(N)=O)C[C@](C)(C3)C2=O)C1=C)NN(C)C(=O)[C@]1(C)C[C@](C)(C=O)C[C@](C)(C(=C)C)C1. The van der Waals surface area contributed by atoms with Gasteiger partial charge >= 0.3 is 6.03 Å². The first kappa shape index (κ1) is 59.9. The molecule has 2 aliphatic heterocycles. The van der Waals surface area contributed by atoms with Crippen LogP contribution in [0, 0.1) is 43.3 Å². The Morgan fingerprint density at radius 3 is 1.69 bits per heavy atom. The van der Waals surface area contributed by atoms with Gasteiger partial charge in [-0.1, -0.05) is 101 Å². The van der Waals surface area contributed by atoms with E-state index in [-0.39, 0.29) is 74.1 Å². The number of nitrogens with zero attached hydrogens (tertiary/aromatic N) is 6. The topological polar surface area (TPSA) is 269 Å². The number of urea groups is 1. The number of rotatable bonds is 21. The van der Waals surface area contributed by atoms with Crippen molar-refractivity contribution in [3.8, 4) is 0 Å². The molecule has 4 rings (SSSR count). The average Bonchev–Trinajstić information content (AvgIpc) is 3.27. The van der Waals surface area contributed by atoms with E-state index in [1.807, 2.05) is 27.7 Å². The Labute approximate surface area is 435 Å². The first-order valence-corrected chi connectivity index (χ1v) is 24.9. The minimum atomic E-state index is -1.28. The van der Waals surface area contributed by atoms with Gasteiger partial charge in [-0.2, -0.15) is 5.01 Å². The summed E-state index contributed by atoms with van der Waals surface area (Å²) < 4.78 is 0. The summed E-state index contributed by atoms with van der Waals surface area (Å²) in [5, 5.41) is 2.73. The van der Waals surface area contributed by atoms with Gasteiger partial charge < -0.3 is 20.2 Å². The van der Waals surface area contributed by atoms with Gasteiger partial charge in [-0.3, -0.25) is 74.5 Å². The number of carbonyl (C=O) groups is 11. The third-order valence-electron chi connectivity index (χ3n) is 16.1. The second-order valence-corrected chi connectivity index (χ2v) is 24.2. The molecule has 4 fully saturated rings. The van der Waals surface area contributed by atoms with Crippen molar-refractivity contribution in [2.24, 2.45) is 49.1 Å². The molecule has 9 amide bonds. The number of ketones is 1. The van der Waals surface area contributed by atoms with Gasteiger partial charge in [0.1, 0.15) is 43.1 Å². The van der Waals surface area contributed by atoms with Gasteiger partial charge in [0.25, 0.3) is 23.6 Å². The second kappa shape index (κ2) is 20.9. The molecular weight excluding hydrogens is 953 g/mol. The van der Waals surface area contributed by atoms with Gasteiger partial charge in [0.2, 0.25) is 17.7 Å². The molecule has 0 spiro atoms. The van der Waals surface area contributed by atoms with Gasteiger partial charge in [-0.25, -0.2) is 4.79 Å². The van der Waals surface area contributed by atoms with E-state index in [4.69, 9.17) is 5.73 Å². The Hall–Kier alpha value is -6.67. The van der Waals surface area contributed by atoms with Crippen LogP contribution in [-0.4, -0.2) is 129 Å². The van der Waals surface area contributed by atoms with Crippen LogP contribution in [-0.2, 0) is 47.9 Å². The molecule has 1 unspecified atom stereocenters. The number of carbonyl (C=O) groups excluding carboxylic acids is 11. The molecule has 8 atom stereocenters. The molecule has 2 heterocycles. The van der Waals surface area contributed by atoms with Crippen molar-refractivity contribution in [3.63, 3.8) is 0 Å². The van der Waals surface area contributed by atoms with Gasteiger partial charge in [0, 0.05) is 47.9 Å². The maximum absolute atomic E-state index is 14.5. The van der Waals surface area contributed by atoms with Crippen LogP contribution in [0.25, 0.3) is 0 Å². The summed E-state index contributed by atoms with van der Waals surface area (Å²) in [6, 6.07) is -0.997. The number of nitrogens with two attached hydrogens (primary N) is 1. The average molecular weight is 1030 g/mol. The normalized spacial score (nSPS) is 29.6. The fourth-order valence-corrected chi connectivity index (χ4v) is 12.7. The maximum atomic E-state index is 14.5. The Balaban J connectivity index is 1.62. The summed E-state index contributed by atoms with van der Waals surface area (Å²) in [5.41, 5.74) is 6.22. The predicted octanol–water partition coefficient (Wildman–Crippen LogP) is 4.38. The van der Waals surface area contributed by atoms with Crippen molar-refractivity contribution >= 4 is 65.7 Å². The number of nitrogens with one attached hydrogen (secondary N) is 3. The molecule has 21 nitrogen and oxygen atoms in total. The van der Waals surface area contributed by atoms with Crippen LogP contribution in [0.15, 0.2) is 49.2 Å². The quantitative estimate of drug-likeness (QED) is 0.0539. The Bertz CT molecular complexity index is 2450. The number of piperidine rings is 1. The first-order valence-electron chi connectivity index (χ1n) is 24.9.